The van der Waals surface area contributed by atoms with Gasteiger partial charge in [0.25, 0.3) is 0 Å². The van der Waals surface area contributed by atoms with Gasteiger partial charge in [0.15, 0.2) is 0 Å². The number of hydrogen-bond donors (Lipinski definition) is 1. The third kappa shape index (κ3) is 3.30. The van der Waals surface area contributed by atoms with Gasteiger partial charge in [-0.2, -0.15) is 18.2 Å². The Bertz CT molecular complexity index is 590. The highest BCUT2D eigenvalue weighted by Crippen LogP contribution is 2.22. The minimum atomic E-state index is -4.42. The van der Waals surface area contributed by atoms with Crippen LogP contribution in [0.25, 0.3) is 11.4 Å². The van der Waals surface area contributed by atoms with E-state index in [0.29, 0.717) is 5.56 Å². The monoisotopic (exact) mass is 272 g/mol. The third-order valence-electron chi connectivity index (χ3n) is 2.21. The van der Waals surface area contributed by atoms with Crippen molar-refractivity contribution in [2.24, 2.45) is 0 Å². The number of aromatic carboxylic acids is 1. The summed E-state index contributed by atoms with van der Waals surface area (Å²) in [6.45, 7) is 0. The second-order valence-electron chi connectivity index (χ2n) is 3.69. The highest BCUT2D eigenvalue weighted by molar-refractivity contribution is 5.88. The average Bonchev–Trinajstić information content (AvgIpc) is 2.75. The van der Waals surface area contributed by atoms with Crippen molar-refractivity contribution in [3.63, 3.8) is 0 Å². The molecule has 0 spiro atoms. The first kappa shape index (κ1) is 13.1. The number of halogens is 3. The Hall–Kier alpha value is -2.38. The molecule has 0 bridgehead atoms. The van der Waals surface area contributed by atoms with Crippen molar-refractivity contribution in [2.75, 3.05) is 0 Å². The summed E-state index contributed by atoms with van der Waals surface area (Å²) in [7, 11) is 0. The van der Waals surface area contributed by atoms with Crippen LogP contribution in [0.5, 0.6) is 0 Å². The molecule has 8 heteroatoms. The molecule has 100 valence electrons. The summed E-state index contributed by atoms with van der Waals surface area (Å²) in [6, 6.07) is 5.40. The van der Waals surface area contributed by atoms with Gasteiger partial charge < -0.3 is 9.63 Å². The predicted molar refractivity (Wildman–Crippen MR) is 56.5 cm³/mol. The number of alkyl halides is 3. The van der Waals surface area contributed by atoms with E-state index in [4.69, 9.17) is 5.11 Å². The van der Waals surface area contributed by atoms with Gasteiger partial charge in [0.2, 0.25) is 11.7 Å². The molecule has 5 nitrogen and oxygen atoms in total. The standard InChI is InChI=1S/C11H7F3N2O3/c12-11(13,14)5-8-15-9(16-19-8)6-1-3-7(4-2-6)10(17)18/h1-4H,5H2,(H,17,18). The van der Waals surface area contributed by atoms with Crippen LogP contribution in [0, 0.1) is 0 Å². The van der Waals surface area contributed by atoms with Crippen molar-refractivity contribution < 1.29 is 27.6 Å². The lowest BCUT2D eigenvalue weighted by atomic mass is 10.1. The van der Waals surface area contributed by atoms with Crippen LogP contribution < -0.4 is 0 Å². The average molecular weight is 272 g/mol. The number of aromatic nitrogens is 2. The molecule has 1 heterocycles. The molecular formula is C11H7F3N2O3. The van der Waals surface area contributed by atoms with Crippen LogP contribution in [-0.2, 0) is 6.42 Å². The van der Waals surface area contributed by atoms with Crippen molar-refractivity contribution in [3.05, 3.63) is 35.7 Å². The molecule has 0 aliphatic rings. The Kier molecular flexibility index (Phi) is 3.24. The van der Waals surface area contributed by atoms with E-state index < -0.39 is 24.5 Å². The van der Waals surface area contributed by atoms with Crippen molar-refractivity contribution in [1.82, 2.24) is 10.1 Å². The molecular weight excluding hydrogens is 265 g/mol. The van der Waals surface area contributed by atoms with Gasteiger partial charge in [0.1, 0.15) is 6.42 Å². The molecule has 2 aromatic rings. The van der Waals surface area contributed by atoms with E-state index in [1.807, 2.05) is 0 Å². The van der Waals surface area contributed by atoms with E-state index in [0.717, 1.165) is 0 Å². The van der Waals surface area contributed by atoms with Crippen molar-refractivity contribution in [2.45, 2.75) is 12.6 Å². The highest BCUT2D eigenvalue weighted by atomic mass is 19.4. The molecule has 0 saturated carbocycles. The van der Waals surface area contributed by atoms with E-state index in [-0.39, 0.29) is 11.4 Å². The summed E-state index contributed by atoms with van der Waals surface area (Å²) in [4.78, 5) is 14.2. The summed E-state index contributed by atoms with van der Waals surface area (Å²) in [5, 5.41) is 12.1. The maximum absolute atomic E-state index is 12.1. The normalized spacial score (nSPS) is 11.5. The van der Waals surface area contributed by atoms with Crippen LogP contribution >= 0.6 is 0 Å². The minimum absolute atomic E-state index is 0.0174. The number of carboxylic acids is 1. The van der Waals surface area contributed by atoms with E-state index in [1.54, 1.807) is 0 Å². The molecule has 0 aliphatic heterocycles. The zero-order valence-corrected chi connectivity index (χ0v) is 9.31. The Morgan fingerprint density at radius 3 is 2.42 bits per heavy atom. The van der Waals surface area contributed by atoms with Crippen LogP contribution in [0.15, 0.2) is 28.8 Å². The van der Waals surface area contributed by atoms with Gasteiger partial charge in [-0.05, 0) is 12.1 Å². The van der Waals surface area contributed by atoms with Crippen LogP contribution in [0.1, 0.15) is 16.2 Å². The van der Waals surface area contributed by atoms with Gasteiger partial charge in [-0.1, -0.05) is 17.3 Å². The number of rotatable bonds is 3. The van der Waals surface area contributed by atoms with Crippen molar-refractivity contribution in [3.8, 4) is 11.4 Å². The summed E-state index contributed by atoms with van der Waals surface area (Å²) < 4.78 is 40.8. The lowest BCUT2D eigenvalue weighted by Gasteiger charge is -1.99. The van der Waals surface area contributed by atoms with E-state index >= 15 is 0 Å². The molecule has 0 amide bonds. The Labute approximate surface area is 104 Å². The van der Waals surface area contributed by atoms with Gasteiger partial charge in [-0.25, -0.2) is 4.79 Å². The maximum atomic E-state index is 12.1. The maximum Gasteiger partial charge on any atom is 0.397 e. The van der Waals surface area contributed by atoms with Crippen molar-refractivity contribution in [1.29, 1.82) is 0 Å². The Morgan fingerprint density at radius 1 is 1.26 bits per heavy atom. The molecule has 1 aromatic heterocycles. The van der Waals surface area contributed by atoms with Gasteiger partial charge in [-0.15, -0.1) is 0 Å². The number of nitrogens with zero attached hydrogens (tertiary/aromatic N) is 2. The fraction of sp³-hybridized carbons (Fsp3) is 0.182. The third-order valence-corrected chi connectivity index (χ3v) is 2.21. The SMILES string of the molecule is O=C(O)c1ccc(-c2noc(CC(F)(F)F)n2)cc1. The first-order valence-corrected chi connectivity index (χ1v) is 5.08. The second-order valence-corrected chi connectivity index (χ2v) is 3.69. The molecule has 0 atom stereocenters. The van der Waals surface area contributed by atoms with E-state index in [9.17, 15) is 18.0 Å². The summed E-state index contributed by atoms with van der Waals surface area (Å²) >= 11 is 0. The Morgan fingerprint density at radius 2 is 1.89 bits per heavy atom. The van der Waals surface area contributed by atoms with Crippen molar-refractivity contribution >= 4 is 5.97 Å². The van der Waals surface area contributed by atoms with Crippen LogP contribution in [0.3, 0.4) is 0 Å². The van der Waals surface area contributed by atoms with E-state index in [1.165, 1.54) is 24.3 Å². The van der Waals surface area contributed by atoms with Gasteiger partial charge in [-0.3, -0.25) is 0 Å². The first-order valence-electron chi connectivity index (χ1n) is 5.08. The van der Waals surface area contributed by atoms with E-state index in [2.05, 4.69) is 14.7 Å². The summed E-state index contributed by atoms with van der Waals surface area (Å²) in [6.07, 6.45) is -5.72. The molecule has 1 aromatic carbocycles. The quantitative estimate of drug-likeness (QED) is 0.929. The smallest absolute Gasteiger partial charge is 0.397 e. The molecule has 0 radical (unpaired) electrons. The summed E-state index contributed by atoms with van der Waals surface area (Å²) in [5.74, 6) is -1.65. The summed E-state index contributed by atoms with van der Waals surface area (Å²) in [5.41, 5.74) is 0.435. The zero-order valence-electron chi connectivity index (χ0n) is 9.31. The molecule has 2 rings (SSSR count). The predicted octanol–water partition coefficient (Wildman–Crippen LogP) is 2.54. The van der Waals surface area contributed by atoms with Crippen LogP contribution in [0.4, 0.5) is 13.2 Å². The molecule has 0 fully saturated rings. The van der Waals surface area contributed by atoms with Gasteiger partial charge in [0, 0.05) is 5.56 Å². The number of hydrogen-bond acceptors (Lipinski definition) is 4. The zero-order chi connectivity index (χ0) is 14.0. The van der Waals surface area contributed by atoms with Gasteiger partial charge >= 0.3 is 12.1 Å². The molecule has 19 heavy (non-hydrogen) atoms. The molecule has 0 unspecified atom stereocenters. The lowest BCUT2D eigenvalue weighted by Crippen LogP contribution is -2.11. The first-order chi connectivity index (χ1) is 8.85. The topological polar surface area (TPSA) is 76.2 Å². The number of carboxylic acid groups (broad SMARTS) is 1. The minimum Gasteiger partial charge on any atom is -0.478 e. The fourth-order valence-electron chi connectivity index (χ4n) is 1.38. The largest absolute Gasteiger partial charge is 0.478 e. The number of carbonyl (C=O) groups is 1. The fourth-order valence-corrected chi connectivity index (χ4v) is 1.38. The number of benzene rings is 1. The molecule has 1 N–H and O–H groups in total. The lowest BCUT2D eigenvalue weighted by molar-refractivity contribution is -0.131. The van der Waals surface area contributed by atoms with Crippen LogP contribution in [0.2, 0.25) is 0 Å². The Balaban J connectivity index is 2.20. The highest BCUT2D eigenvalue weighted by Gasteiger charge is 2.31. The van der Waals surface area contributed by atoms with Crippen LogP contribution in [-0.4, -0.2) is 27.4 Å². The van der Waals surface area contributed by atoms with Gasteiger partial charge in [0.05, 0.1) is 5.56 Å². The molecule has 0 saturated heterocycles. The molecule has 0 aliphatic carbocycles. The second kappa shape index (κ2) is 4.71.